The maximum absolute atomic E-state index is 12.0. The van der Waals surface area contributed by atoms with Gasteiger partial charge in [0.2, 0.25) is 0 Å². The second-order valence-corrected chi connectivity index (χ2v) is 9.08. The summed E-state index contributed by atoms with van der Waals surface area (Å²) in [6.45, 7) is 3.49. The minimum Gasteiger partial charge on any atom is -0.463 e. The van der Waals surface area contributed by atoms with Crippen molar-refractivity contribution in [1.82, 2.24) is 15.0 Å². The zero-order chi connectivity index (χ0) is 24.9. The number of hydrogen-bond donors (Lipinski definition) is 0. The van der Waals surface area contributed by atoms with Gasteiger partial charge in [0.05, 0.1) is 0 Å². The maximum Gasteiger partial charge on any atom is 0.303 e. The van der Waals surface area contributed by atoms with E-state index in [2.05, 4.69) is 22.2 Å². The Morgan fingerprint density at radius 2 is 1.71 bits per heavy atom. The van der Waals surface area contributed by atoms with Crippen LogP contribution in [0.5, 0.6) is 0 Å². The van der Waals surface area contributed by atoms with Crippen LogP contribution in [0.25, 0.3) is 11.3 Å². The number of nitrogens with zero attached hydrogens (tertiary/aromatic N) is 3. The molecule has 0 saturated carbocycles. The summed E-state index contributed by atoms with van der Waals surface area (Å²) < 4.78 is 23.6. The quantitative estimate of drug-likeness (QED) is 0.277. The van der Waals surface area contributed by atoms with Crippen LogP contribution in [0, 0.1) is 11.8 Å². The largest absolute Gasteiger partial charge is 0.463 e. The monoisotopic (exact) mass is 515 g/mol. The molecule has 0 spiro atoms. The second kappa shape index (κ2) is 10.8. The van der Waals surface area contributed by atoms with Gasteiger partial charge in [-0.3, -0.25) is 14.4 Å². The predicted molar refractivity (Wildman–Crippen MR) is 125 cm³/mol. The smallest absolute Gasteiger partial charge is 0.303 e. The van der Waals surface area contributed by atoms with Crippen molar-refractivity contribution in [3.63, 3.8) is 0 Å². The first-order chi connectivity index (χ1) is 16.8. The molecule has 182 valence electrons. The van der Waals surface area contributed by atoms with E-state index in [1.165, 1.54) is 48.1 Å². The first kappa shape index (κ1) is 24.6. The lowest BCUT2D eigenvalue weighted by Gasteiger charge is -2.23. The van der Waals surface area contributed by atoms with Crippen molar-refractivity contribution in [3.05, 3.63) is 44.9 Å². The Bertz CT molecular complexity index is 1260. The number of aromatic nitrogens is 3. The highest BCUT2D eigenvalue weighted by atomic mass is 32.1. The topological polar surface area (TPSA) is 119 Å². The fraction of sp³-hybridized carbons (Fsp3) is 0.348. The van der Waals surface area contributed by atoms with Crippen molar-refractivity contribution in [2.45, 2.75) is 45.3 Å². The van der Waals surface area contributed by atoms with E-state index in [0.717, 1.165) is 11.1 Å². The van der Waals surface area contributed by atoms with Crippen molar-refractivity contribution < 1.29 is 33.3 Å². The molecule has 0 unspecified atom stereocenters. The van der Waals surface area contributed by atoms with Crippen LogP contribution in [0.15, 0.2) is 33.7 Å². The van der Waals surface area contributed by atoms with E-state index in [4.69, 9.17) is 18.9 Å². The Morgan fingerprint density at radius 3 is 2.34 bits per heavy atom. The number of rotatable bonds is 6. The van der Waals surface area contributed by atoms with Crippen molar-refractivity contribution in [1.29, 1.82) is 0 Å². The van der Waals surface area contributed by atoms with E-state index in [9.17, 15) is 14.4 Å². The van der Waals surface area contributed by atoms with Gasteiger partial charge in [0.1, 0.15) is 24.1 Å². The minimum atomic E-state index is -1.09. The number of thiophene rings is 2. The van der Waals surface area contributed by atoms with Gasteiger partial charge in [-0.15, -0.1) is 5.10 Å². The molecule has 0 bridgehead atoms. The predicted octanol–water partition coefficient (Wildman–Crippen LogP) is 2.79. The highest BCUT2D eigenvalue weighted by molar-refractivity contribution is 7.08. The molecule has 3 aromatic rings. The molecule has 0 radical (unpaired) electrons. The van der Waals surface area contributed by atoms with Gasteiger partial charge < -0.3 is 18.9 Å². The van der Waals surface area contributed by atoms with Crippen LogP contribution in [0.2, 0.25) is 0 Å². The van der Waals surface area contributed by atoms with Gasteiger partial charge in [-0.05, 0) is 28.8 Å². The standard InChI is InChI=1S/C23H21N3O7S2/c1-13(27)30-10-19-21(31-14(2)28)22(32-15(3)29)23(33-19)26-18(5-4-16-6-8-34-11-16)20(24-25-26)17-7-9-35-12-17/h6-9,11-12,19,21-23H,10H2,1-3H3/t19-,21-,22-,23-/m1/s1. The highest BCUT2D eigenvalue weighted by Crippen LogP contribution is 2.36. The van der Waals surface area contributed by atoms with E-state index in [1.807, 2.05) is 33.7 Å². The van der Waals surface area contributed by atoms with Crippen LogP contribution in [0.4, 0.5) is 0 Å². The number of carbonyl (C=O) groups excluding carboxylic acids is 3. The third kappa shape index (κ3) is 5.76. The molecular formula is C23H21N3O7S2. The lowest BCUT2D eigenvalue weighted by molar-refractivity contribution is -0.166. The van der Waals surface area contributed by atoms with Gasteiger partial charge in [-0.25, -0.2) is 4.68 Å². The summed E-state index contributed by atoms with van der Waals surface area (Å²) in [5, 5.41) is 16.2. The fourth-order valence-electron chi connectivity index (χ4n) is 3.54. The average molecular weight is 516 g/mol. The van der Waals surface area contributed by atoms with E-state index in [0.29, 0.717) is 11.4 Å². The van der Waals surface area contributed by atoms with Gasteiger partial charge in [0.15, 0.2) is 18.4 Å². The van der Waals surface area contributed by atoms with Gasteiger partial charge in [0, 0.05) is 42.7 Å². The Morgan fingerprint density at radius 1 is 1.00 bits per heavy atom. The number of esters is 3. The molecule has 0 aliphatic carbocycles. The number of carbonyl (C=O) groups is 3. The molecule has 10 nitrogen and oxygen atoms in total. The molecule has 4 atom stereocenters. The normalized spacial score (nSPS) is 21.1. The average Bonchev–Trinajstić information content (AvgIpc) is 3.58. The van der Waals surface area contributed by atoms with E-state index < -0.39 is 42.4 Å². The third-order valence-electron chi connectivity index (χ3n) is 4.92. The number of hydrogen-bond acceptors (Lipinski definition) is 11. The maximum atomic E-state index is 12.0. The third-order valence-corrected chi connectivity index (χ3v) is 6.28. The van der Waals surface area contributed by atoms with Crippen LogP contribution < -0.4 is 0 Å². The Labute approximate surface area is 208 Å². The molecule has 0 amide bonds. The van der Waals surface area contributed by atoms with Crippen molar-refractivity contribution in [2.24, 2.45) is 0 Å². The molecule has 4 rings (SSSR count). The lowest BCUT2D eigenvalue weighted by Crippen LogP contribution is -2.40. The summed E-state index contributed by atoms with van der Waals surface area (Å²) in [6, 6.07) is 3.77. The summed E-state index contributed by atoms with van der Waals surface area (Å²) in [4.78, 5) is 35.2. The first-order valence-corrected chi connectivity index (χ1v) is 12.4. The Hall–Kier alpha value is -3.53. The molecular weight excluding hydrogens is 494 g/mol. The Kier molecular flexibility index (Phi) is 7.60. The van der Waals surface area contributed by atoms with Crippen LogP contribution in [-0.2, 0) is 33.3 Å². The van der Waals surface area contributed by atoms with Gasteiger partial charge in [-0.2, -0.15) is 22.7 Å². The van der Waals surface area contributed by atoms with Crippen molar-refractivity contribution in [3.8, 4) is 23.1 Å². The molecule has 1 aliphatic rings. The minimum absolute atomic E-state index is 0.219. The fourth-order valence-corrected chi connectivity index (χ4v) is 4.77. The zero-order valence-electron chi connectivity index (χ0n) is 19.0. The summed E-state index contributed by atoms with van der Waals surface area (Å²) >= 11 is 3.01. The van der Waals surface area contributed by atoms with Crippen LogP contribution in [0.3, 0.4) is 0 Å². The summed E-state index contributed by atoms with van der Waals surface area (Å²) in [6.07, 6.45) is -4.10. The zero-order valence-corrected chi connectivity index (χ0v) is 20.6. The Balaban J connectivity index is 1.78. The van der Waals surface area contributed by atoms with E-state index in [1.54, 1.807) is 0 Å². The molecule has 0 N–H and O–H groups in total. The van der Waals surface area contributed by atoms with Gasteiger partial charge in [0.25, 0.3) is 0 Å². The van der Waals surface area contributed by atoms with Crippen molar-refractivity contribution >= 4 is 40.6 Å². The summed E-state index contributed by atoms with van der Waals surface area (Å²) in [5.41, 5.74) is 2.57. The van der Waals surface area contributed by atoms with Crippen LogP contribution in [-0.4, -0.2) is 57.8 Å². The van der Waals surface area contributed by atoms with Crippen LogP contribution >= 0.6 is 22.7 Å². The molecule has 12 heteroatoms. The lowest BCUT2D eigenvalue weighted by atomic mass is 10.1. The molecule has 1 saturated heterocycles. The molecule has 3 aromatic heterocycles. The molecule has 1 fully saturated rings. The second-order valence-electron chi connectivity index (χ2n) is 7.52. The first-order valence-electron chi connectivity index (χ1n) is 10.5. The van der Waals surface area contributed by atoms with Gasteiger partial charge >= 0.3 is 17.9 Å². The van der Waals surface area contributed by atoms with Crippen molar-refractivity contribution in [2.75, 3.05) is 6.61 Å². The molecule has 1 aliphatic heterocycles. The van der Waals surface area contributed by atoms with E-state index in [-0.39, 0.29) is 6.61 Å². The molecule has 0 aromatic carbocycles. The van der Waals surface area contributed by atoms with E-state index >= 15 is 0 Å². The molecule has 35 heavy (non-hydrogen) atoms. The number of ether oxygens (including phenoxy) is 4. The van der Waals surface area contributed by atoms with Crippen LogP contribution in [0.1, 0.15) is 38.3 Å². The summed E-state index contributed by atoms with van der Waals surface area (Å²) in [7, 11) is 0. The highest BCUT2D eigenvalue weighted by Gasteiger charge is 2.51. The SMILES string of the molecule is CC(=O)OC[C@H]1O[C@@H](n2nnc(-c3ccsc3)c2C#Cc2ccsc2)[C@H](OC(C)=O)[C@@H]1OC(C)=O. The molecule has 4 heterocycles. The summed E-state index contributed by atoms with van der Waals surface area (Å²) in [5.74, 6) is 4.44. The van der Waals surface area contributed by atoms with Gasteiger partial charge in [-0.1, -0.05) is 11.1 Å².